The monoisotopic (exact) mass is 771 g/mol. The van der Waals surface area contributed by atoms with Crippen molar-refractivity contribution in [2.75, 3.05) is 145 Å². The van der Waals surface area contributed by atoms with E-state index in [1.807, 2.05) is 6.20 Å². The molecule has 54 heavy (non-hydrogen) atoms. The predicted molar refractivity (Wildman–Crippen MR) is 196 cm³/mol. The summed E-state index contributed by atoms with van der Waals surface area (Å²) in [5.41, 5.74) is 5.80. The Morgan fingerprint density at radius 3 is 1.91 bits per heavy atom. The molecule has 3 aliphatic rings. The number of nitrogens with two attached hydrogens (primary N) is 1. The molecule has 3 unspecified atom stereocenters. The molecule has 4 rings (SSSR count). The van der Waals surface area contributed by atoms with Gasteiger partial charge in [-0.3, -0.25) is 9.69 Å². The van der Waals surface area contributed by atoms with Crippen LogP contribution in [0.5, 0.6) is 0 Å². The van der Waals surface area contributed by atoms with Gasteiger partial charge in [-0.1, -0.05) is 11.4 Å². The van der Waals surface area contributed by atoms with Crippen molar-refractivity contribution in [1.29, 1.82) is 0 Å². The number of amidine groups is 1. The van der Waals surface area contributed by atoms with Crippen LogP contribution >= 0.6 is 0 Å². The summed E-state index contributed by atoms with van der Waals surface area (Å²) in [6, 6.07) is -0.880. The molecule has 3 N–H and O–H groups in total. The molecule has 0 spiro atoms. The van der Waals surface area contributed by atoms with Crippen molar-refractivity contribution in [2.45, 2.75) is 50.6 Å². The molecular weight excluding hydrogens is 708 g/mol. The van der Waals surface area contributed by atoms with Crippen LogP contribution in [-0.4, -0.2) is 206 Å². The van der Waals surface area contributed by atoms with Gasteiger partial charge in [-0.05, 0) is 19.4 Å². The summed E-state index contributed by atoms with van der Waals surface area (Å²) in [6.45, 7) is 12.0. The van der Waals surface area contributed by atoms with Gasteiger partial charge >= 0.3 is 11.8 Å². The second kappa shape index (κ2) is 28.0. The normalized spacial score (nSPS) is 23.7. The third kappa shape index (κ3) is 18.9. The Balaban J connectivity index is 1.38. The minimum atomic E-state index is -0.986. The Bertz CT molecular complexity index is 1170. The lowest BCUT2D eigenvalue weighted by Gasteiger charge is -2.24. The van der Waals surface area contributed by atoms with Crippen LogP contribution < -0.4 is 5.73 Å². The molecule has 0 amide bonds. The van der Waals surface area contributed by atoms with Crippen molar-refractivity contribution < 1.29 is 61.8 Å². The summed E-state index contributed by atoms with van der Waals surface area (Å²) in [5.74, 6) is 0.798. The number of hydrogen-bond donors (Lipinski definition) is 2. The number of hydrogen-bond acceptors (Lipinski definition) is 15. The molecule has 3 aliphatic heterocycles. The molecule has 0 aromatic carbocycles. The topological polar surface area (TPSA) is 192 Å². The van der Waals surface area contributed by atoms with Crippen LogP contribution in [0.3, 0.4) is 0 Å². The number of carboxylic acids is 1. The van der Waals surface area contributed by atoms with Gasteiger partial charge in [-0.25, -0.2) is 9.56 Å². The summed E-state index contributed by atoms with van der Waals surface area (Å²) >= 11 is 0. The van der Waals surface area contributed by atoms with Gasteiger partial charge in [0.1, 0.15) is 37.3 Å². The minimum Gasteiger partial charge on any atom is -0.480 e. The molecule has 308 valence electrons. The first kappa shape index (κ1) is 44.3. The summed E-state index contributed by atoms with van der Waals surface area (Å²) in [6.07, 6.45) is 7.23. The van der Waals surface area contributed by atoms with E-state index in [1.54, 1.807) is 6.20 Å². The highest BCUT2D eigenvalue weighted by molar-refractivity contribution is 5.84. The molecule has 1 aromatic heterocycles. The van der Waals surface area contributed by atoms with Gasteiger partial charge in [-0.2, -0.15) is 0 Å². The van der Waals surface area contributed by atoms with E-state index in [4.69, 9.17) is 63.1 Å². The fraction of sp³-hybridized carbons (Fsp3) is 0.833. The SMILES string of the molecule is NC(CCCCN(CC1=NCC=[N+]1CC1COCCOCCOCCOCCO1)Cc1nccn1CC1COCCOCCOCCOCCO1)C(=O)O. The van der Waals surface area contributed by atoms with Gasteiger partial charge in [0.2, 0.25) is 0 Å². The van der Waals surface area contributed by atoms with Crippen LogP contribution in [0, 0.1) is 0 Å². The number of rotatable bonds is 14. The Kier molecular flexibility index (Phi) is 23.0. The molecule has 2 saturated heterocycles. The molecule has 0 bridgehead atoms. The number of nitrogens with zero attached hydrogens (tertiary/aromatic N) is 5. The average molecular weight is 772 g/mol. The lowest BCUT2D eigenvalue weighted by atomic mass is 10.1. The van der Waals surface area contributed by atoms with Crippen molar-refractivity contribution in [2.24, 2.45) is 10.7 Å². The summed E-state index contributed by atoms with van der Waals surface area (Å²) in [7, 11) is 0. The maximum atomic E-state index is 11.3. The van der Waals surface area contributed by atoms with Crippen LogP contribution in [0.25, 0.3) is 0 Å². The maximum absolute atomic E-state index is 11.3. The van der Waals surface area contributed by atoms with Gasteiger partial charge in [0, 0.05) is 12.4 Å². The largest absolute Gasteiger partial charge is 0.480 e. The molecular formula is C36H63N6O12+. The first-order chi connectivity index (χ1) is 26.6. The van der Waals surface area contributed by atoms with Crippen LogP contribution in [0.2, 0.25) is 0 Å². The van der Waals surface area contributed by atoms with Crippen LogP contribution in [0.4, 0.5) is 0 Å². The Hall–Kier alpha value is -2.46. The van der Waals surface area contributed by atoms with E-state index >= 15 is 0 Å². The smallest absolute Gasteiger partial charge is 0.320 e. The number of ether oxygens (including phenoxy) is 10. The highest BCUT2D eigenvalue weighted by Gasteiger charge is 2.27. The standard InChI is InChI=1S/C36H62N6O12/c37-33(36(43)44)3-1-2-6-40(27-34-38-4-7-41(34)25-31-29-51-19-17-47-11-9-45-13-15-49-21-23-53-31)28-35-39-5-8-42(35)26-32-30-52-20-18-48-12-10-46-14-16-50-22-24-54-32/h4,7-8,31-33H,1-3,5-6,9-30,37H2/p+1. The quantitative estimate of drug-likeness (QED) is 0.185. The first-order valence-corrected chi connectivity index (χ1v) is 19.3. The Labute approximate surface area is 318 Å². The van der Waals surface area contributed by atoms with Crippen molar-refractivity contribution in [3.05, 3.63) is 18.2 Å². The summed E-state index contributed by atoms with van der Waals surface area (Å²) in [5, 5.41) is 9.28. The van der Waals surface area contributed by atoms with Crippen LogP contribution in [0.15, 0.2) is 17.4 Å². The fourth-order valence-corrected chi connectivity index (χ4v) is 5.90. The molecule has 2 fully saturated rings. The number of imidazole rings is 1. The summed E-state index contributed by atoms with van der Waals surface area (Å²) in [4.78, 5) is 23.2. The number of aliphatic carboxylic acids is 1. The zero-order chi connectivity index (χ0) is 37.9. The Morgan fingerprint density at radius 2 is 1.31 bits per heavy atom. The molecule has 0 radical (unpaired) electrons. The average Bonchev–Trinajstić information content (AvgIpc) is 3.79. The number of aromatic nitrogens is 2. The van der Waals surface area contributed by atoms with E-state index in [0.29, 0.717) is 171 Å². The van der Waals surface area contributed by atoms with Gasteiger partial charge in [0.05, 0.1) is 138 Å². The van der Waals surface area contributed by atoms with Crippen LogP contribution in [0.1, 0.15) is 25.1 Å². The second-order valence-corrected chi connectivity index (χ2v) is 13.0. The number of carboxylic acid groups (broad SMARTS) is 1. The molecule has 18 heteroatoms. The second-order valence-electron chi connectivity index (χ2n) is 13.0. The first-order valence-electron chi connectivity index (χ1n) is 19.3. The van der Waals surface area contributed by atoms with Crippen LogP contribution in [-0.2, 0) is 65.3 Å². The zero-order valence-corrected chi connectivity index (χ0v) is 31.8. The zero-order valence-electron chi connectivity index (χ0n) is 31.8. The highest BCUT2D eigenvalue weighted by atomic mass is 16.6. The third-order valence-electron chi connectivity index (χ3n) is 8.80. The maximum Gasteiger partial charge on any atom is 0.320 e. The van der Waals surface area contributed by atoms with E-state index in [-0.39, 0.29) is 12.2 Å². The van der Waals surface area contributed by atoms with Gasteiger partial charge in [0.25, 0.3) is 0 Å². The van der Waals surface area contributed by atoms with E-state index in [9.17, 15) is 9.90 Å². The van der Waals surface area contributed by atoms with Crippen molar-refractivity contribution in [1.82, 2.24) is 14.5 Å². The highest BCUT2D eigenvalue weighted by Crippen LogP contribution is 2.12. The van der Waals surface area contributed by atoms with E-state index in [1.165, 1.54) is 0 Å². The van der Waals surface area contributed by atoms with E-state index < -0.39 is 12.0 Å². The van der Waals surface area contributed by atoms with Gasteiger partial charge in [0.15, 0.2) is 6.54 Å². The lowest BCUT2D eigenvalue weighted by Crippen LogP contribution is -2.40. The van der Waals surface area contributed by atoms with Gasteiger partial charge in [-0.15, -0.1) is 0 Å². The molecule has 4 heterocycles. The molecule has 0 saturated carbocycles. The minimum absolute atomic E-state index is 0.212. The molecule has 3 atom stereocenters. The molecule has 18 nitrogen and oxygen atoms in total. The molecule has 0 aliphatic carbocycles. The number of unbranched alkanes of at least 4 members (excludes halogenated alkanes) is 1. The summed E-state index contributed by atoms with van der Waals surface area (Å²) < 4.78 is 62.0. The Morgan fingerprint density at radius 1 is 0.778 bits per heavy atom. The van der Waals surface area contributed by atoms with Crippen molar-refractivity contribution >= 4 is 18.0 Å². The lowest BCUT2D eigenvalue weighted by molar-refractivity contribution is -0.420. The number of carbonyl (C=O) groups is 1. The van der Waals surface area contributed by atoms with E-state index in [0.717, 1.165) is 18.1 Å². The van der Waals surface area contributed by atoms with Crippen molar-refractivity contribution in [3.63, 3.8) is 0 Å². The van der Waals surface area contributed by atoms with E-state index in [2.05, 4.69) is 20.3 Å². The van der Waals surface area contributed by atoms with Crippen molar-refractivity contribution in [3.8, 4) is 0 Å². The fourth-order valence-electron chi connectivity index (χ4n) is 5.90. The predicted octanol–water partition coefficient (Wildman–Crippen LogP) is -0.307. The number of aliphatic imine (C=N–C) groups is 1. The molecule has 1 aromatic rings. The third-order valence-corrected chi connectivity index (χ3v) is 8.80. The van der Waals surface area contributed by atoms with Gasteiger partial charge < -0.3 is 62.8 Å².